The maximum Gasteiger partial charge on any atom is 0.0650 e. The molecule has 0 aliphatic heterocycles. The first-order valence-electron chi connectivity index (χ1n) is 4.14. The summed E-state index contributed by atoms with van der Waals surface area (Å²) in [4.78, 5) is 0. The Morgan fingerprint density at radius 1 is 1.54 bits per heavy atom. The first-order valence-corrected chi connectivity index (χ1v) is 4.51. The smallest absolute Gasteiger partial charge is 0.0650 e. The summed E-state index contributed by atoms with van der Waals surface area (Å²) in [7, 11) is 0. The molecule has 0 spiro atoms. The van der Waals surface area contributed by atoms with E-state index in [1.54, 1.807) is 6.92 Å². The lowest BCUT2D eigenvalue weighted by Gasteiger charge is -2.23. The first kappa shape index (κ1) is 10.5. The molecule has 0 bridgehead atoms. The number of hydrogen-bond acceptors (Lipinski definition) is 2. The Hall–Kier alpha value is -0.570. The summed E-state index contributed by atoms with van der Waals surface area (Å²) in [5.41, 5.74) is 6.96. The molecule has 3 N–H and O–H groups in total. The van der Waals surface area contributed by atoms with Crippen molar-refractivity contribution in [2.24, 2.45) is 5.73 Å². The highest BCUT2D eigenvalue weighted by molar-refractivity contribution is 6.31. The Kier molecular flexibility index (Phi) is 2.96. The Labute approximate surface area is 83.3 Å². The zero-order valence-electron chi connectivity index (χ0n) is 7.84. The van der Waals surface area contributed by atoms with Crippen LogP contribution in [0.25, 0.3) is 0 Å². The van der Waals surface area contributed by atoms with Crippen LogP contribution in [0.1, 0.15) is 18.1 Å². The Morgan fingerprint density at radius 2 is 2.15 bits per heavy atom. The molecule has 0 amide bonds. The molecule has 0 saturated heterocycles. The minimum atomic E-state index is -0.759. The van der Waals surface area contributed by atoms with Gasteiger partial charge in [-0.05, 0) is 31.0 Å². The average molecular weight is 200 g/mol. The maximum atomic E-state index is 9.06. The second-order valence-electron chi connectivity index (χ2n) is 3.56. The Balaban J connectivity index is 3.16. The quantitative estimate of drug-likeness (QED) is 0.763. The number of hydrogen-bond donors (Lipinski definition) is 2. The molecule has 0 radical (unpaired) electrons. The standard InChI is InChI=1S/C10H14ClNO/c1-7-3-4-8(9(11)5-7)10(2,12)6-13/h3-5,13H,6,12H2,1-2H3/t10-/m1/s1. The van der Waals surface area contributed by atoms with Crippen molar-refractivity contribution in [2.45, 2.75) is 19.4 Å². The molecule has 0 heterocycles. The third-order valence-electron chi connectivity index (χ3n) is 2.07. The summed E-state index contributed by atoms with van der Waals surface area (Å²) < 4.78 is 0. The third kappa shape index (κ3) is 2.21. The van der Waals surface area contributed by atoms with Gasteiger partial charge in [0.05, 0.1) is 12.1 Å². The van der Waals surface area contributed by atoms with E-state index in [2.05, 4.69) is 0 Å². The summed E-state index contributed by atoms with van der Waals surface area (Å²) >= 11 is 6.00. The van der Waals surface area contributed by atoms with Gasteiger partial charge in [0.1, 0.15) is 0 Å². The van der Waals surface area contributed by atoms with Gasteiger partial charge in [0.15, 0.2) is 0 Å². The normalized spacial score (nSPS) is 15.5. The molecular formula is C10H14ClNO. The molecule has 13 heavy (non-hydrogen) atoms. The number of rotatable bonds is 2. The van der Waals surface area contributed by atoms with Gasteiger partial charge in [0.25, 0.3) is 0 Å². The van der Waals surface area contributed by atoms with Crippen molar-refractivity contribution in [1.82, 2.24) is 0 Å². The van der Waals surface area contributed by atoms with E-state index in [-0.39, 0.29) is 6.61 Å². The van der Waals surface area contributed by atoms with Crippen LogP contribution in [0.2, 0.25) is 5.02 Å². The number of benzene rings is 1. The largest absolute Gasteiger partial charge is 0.394 e. The molecule has 0 aliphatic rings. The second-order valence-corrected chi connectivity index (χ2v) is 3.97. The van der Waals surface area contributed by atoms with Gasteiger partial charge < -0.3 is 10.8 Å². The molecule has 72 valence electrons. The Morgan fingerprint density at radius 3 is 2.62 bits per heavy atom. The van der Waals surface area contributed by atoms with Crippen LogP contribution in [0.5, 0.6) is 0 Å². The third-order valence-corrected chi connectivity index (χ3v) is 2.38. The van der Waals surface area contributed by atoms with Crippen LogP contribution in [0, 0.1) is 6.92 Å². The van der Waals surface area contributed by atoms with Gasteiger partial charge in [-0.2, -0.15) is 0 Å². The van der Waals surface area contributed by atoms with Crippen LogP contribution in [0.3, 0.4) is 0 Å². The van der Waals surface area contributed by atoms with Gasteiger partial charge >= 0.3 is 0 Å². The zero-order valence-corrected chi connectivity index (χ0v) is 8.60. The van der Waals surface area contributed by atoms with Gasteiger partial charge in [-0.15, -0.1) is 0 Å². The van der Waals surface area contributed by atoms with E-state index < -0.39 is 5.54 Å². The van der Waals surface area contributed by atoms with Crippen molar-refractivity contribution in [3.63, 3.8) is 0 Å². The molecule has 0 unspecified atom stereocenters. The van der Waals surface area contributed by atoms with E-state index >= 15 is 0 Å². The predicted molar refractivity (Wildman–Crippen MR) is 54.8 cm³/mol. The molecule has 1 aromatic rings. The second kappa shape index (κ2) is 3.66. The molecule has 0 fully saturated rings. The lowest BCUT2D eigenvalue weighted by molar-refractivity contribution is 0.210. The monoisotopic (exact) mass is 199 g/mol. The summed E-state index contributed by atoms with van der Waals surface area (Å²) in [5.74, 6) is 0. The van der Waals surface area contributed by atoms with E-state index in [9.17, 15) is 0 Å². The van der Waals surface area contributed by atoms with E-state index in [1.165, 1.54) is 0 Å². The van der Waals surface area contributed by atoms with Gasteiger partial charge in [-0.25, -0.2) is 0 Å². The van der Waals surface area contributed by atoms with E-state index in [4.69, 9.17) is 22.4 Å². The van der Waals surface area contributed by atoms with E-state index in [0.717, 1.165) is 11.1 Å². The highest BCUT2D eigenvalue weighted by Gasteiger charge is 2.22. The SMILES string of the molecule is Cc1ccc([C@](C)(N)CO)c(Cl)c1. The highest BCUT2D eigenvalue weighted by atomic mass is 35.5. The summed E-state index contributed by atoms with van der Waals surface area (Å²) in [6.45, 7) is 3.60. The molecule has 1 rings (SSSR count). The molecule has 1 atom stereocenters. The fourth-order valence-corrected chi connectivity index (χ4v) is 1.62. The number of aliphatic hydroxyl groups excluding tert-OH is 1. The van der Waals surface area contributed by atoms with Crippen LogP contribution in [0.15, 0.2) is 18.2 Å². The molecule has 0 aliphatic carbocycles. The van der Waals surface area contributed by atoms with E-state index in [0.29, 0.717) is 5.02 Å². The van der Waals surface area contributed by atoms with Gasteiger partial charge in [0.2, 0.25) is 0 Å². The van der Waals surface area contributed by atoms with Crippen molar-refractivity contribution in [3.8, 4) is 0 Å². The van der Waals surface area contributed by atoms with Gasteiger partial charge in [-0.3, -0.25) is 0 Å². The minimum absolute atomic E-state index is 0.115. The predicted octanol–water partition coefficient (Wildman–Crippen LogP) is 1.81. The van der Waals surface area contributed by atoms with Crippen LogP contribution < -0.4 is 5.73 Å². The molecule has 3 heteroatoms. The van der Waals surface area contributed by atoms with Crippen molar-refractivity contribution < 1.29 is 5.11 Å². The number of halogens is 1. The summed E-state index contributed by atoms with van der Waals surface area (Å²) in [6, 6.07) is 5.63. The molecule has 0 saturated carbocycles. The van der Waals surface area contributed by atoms with Crippen molar-refractivity contribution in [2.75, 3.05) is 6.61 Å². The Bertz CT molecular complexity index is 310. The van der Waals surface area contributed by atoms with Crippen molar-refractivity contribution in [3.05, 3.63) is 34.3 Å². The average Bonchev–Trinajstić information content (AvgIpc) is 2.03. The molecule has 2 nitrogen and oxygen atoms in total. The number of nitrogens with two attached hydrogens (primary N) is 1. The summed E-state index contributed by atoms with van der Waals surface area (Å²) in [5, 5.41) is 9.67. The fourth-order valence-electron chi connectivity index (χ4n) is 1.17. The highest BCUT2D eigenvalue weighted by Crippen LogP contribution is 2.26. The van der Waals surface area contributed by atoms with E-state index in [1.807, 2.05) is 25.1 Å². The lowest BCUT2D eigenvalue weighted by atomic mass is 9.93. The number of aryl methyl sites for hydroxylation is 1. The van der Waals surface area contributed by atoms with Crippen LogP contribution in [-0.4, -0.2) is 11.7 Å². The molecule has 1 aromatic carbocycles. The van der Waals surface area contributed by atoms with Gasteiger partial charge in [0, 0.05) is 5.02 Å². The fraction of sp³-hybridized carbons (Fsp3) is 0.400. The van der Waals surface area contributed by atoms with Crippen molar-refractivity contribution >= 4 is 11.6 Å². The maximum absolute atomic E-state index is 9.06. The zero-order chi connectivity index (χ0) is 10.1. The molecular weight excluding hydrogens is 186 g/mol. The van der Waals surface area contributed by atoms with Crippen LogP contribution in [0.4, 0.5) is 0 Å². The first-order chi connectivity index (χ1) is 5.97. The summed E-state index contributed by atoms with van der Waals surface area (Å²) in [6.07, 6.45) is 0. The number of aliphatic hydroxyl groups is 1. The topological polar surface area (TPSA) is 46.2 Å². The minimum Gasteiger partial charge on any atom is -0.394 e. The van der Waals surface area contributed by atoms with Crippen LogP contribution >= 0.6 is 11.6 Å². The lowest BCUT2D eigenvalue weighted by Crippen LogP contribution is -2.37. The van der Waals surface area contributed by atoms with Crippen molar-refractivity contribution in [1.29, 1.82) is 0 Å². The van der Waals surface area contributed by atoms with Gasteiger partial charge in [-0.1, -0.05) is 23.7 Å². The molecule has 0 aromatic heterocycles. The van der Waals surface area contributed by atoms with Crippen LogP contribution in [-0.2, 0) is 5.54 Å².